The number of aliphatic carboxylic acids is 1. The van der Waals surface area contributed by atoms with Gasteiger partial charge in [-0.1, -0.05) is 41.0 Å². The number of rotatable bonds is 8. The Hall–Kier alpha value is -2.42. The molecule has 138 valence electrons. The normalized spacial score (nSPS) is 12.1. The molecule has 2 aromatic rings. The Bertz CT molecular complexity index is 894. The first-order valence-electron chi connectivity index (χ1n) is 7.59. The first-order chi connectivity index (χ1) is 12.3. The minimum Gasteiger partial charge on any atom is -0.481 e. The van der Waals surface area contributed by atoms with Gasteiger partial charge in [0.15, 0.2) is 0 Å². The van der Waals surface area contributed by atoms with E-state index in [9.17, 15) is 18.4 Å². The van der Waals surface area contributed by atoms with Crippen LogP contribution < -0.4 is 4.72 Å². The van der Waals surface area contributed by atoms with Crippen LogP contribution in [0.2, 0.25) is 5.02 Å². The van der Waals surface area contributed by atoms with Crippen LogP contribution in [0.5, 0.6) is 0 Å². The van der Waals surface area contributed by atoms with Gasteiger partial charge in [0.1, 0.15) is 5.71 Å². The van der Waals surface area contributed by atoms with Crippen molar-refractivity contribution in [3.05, 3.63) is 64.7 Å². The van der Waals surface area contributed by atoms with Gasteiger partial charge in [0, 0.05) is 17.0 Å². The van der Waals surface area contributed by atoms with Gasteiger partial charge in [-0.25, -0.2) is 13.1 Å². The van der Waals surface area contributed by atoms with Crippen molar-refractivity contribution in [3.63, 3.8) is 0 Å². The average Bonchev–Trinajstić information content (AvgIpc) is 2.61. The highest BCUT2D eigenvalue weighted by molar-refractivity contribution is 7.89. The highest BCUT2D eigenvalue weighted by Crippen LogP contribution is 2.14. The van der Waals surface area contributed by atoms with Crippen molar-refractivity contribution >= 4 is 33.3 Å². The van der Waals surface area contributed by atoms with Gasteiger partial charge in [-0.3, -0.25) is 4.79 Å². The highest BCUT2D eigenvalue weighted by atomic mass is 35.5. The Labute approximate surface area is 156 Å². The zero-order chi connectivity index (χ0) is 19.2. The number of sulfonamides is 1. The minimum absolute atomic E-state index is 0.0151. The molecule has 0 radical (unpaired) electrons. The number of hydrogen-bond donors (Lipinski definition) is 3. The van der Waals surface area contributed by atoms with Crippen LogP contribution in [0.15, 0.2) is 58.6 Å². The lowest BCUT2D eigenvalue weighted by Gasteiger charge is -2.09. The Morgan fingerprint density at radius 2 is 1.69 bits per heavy atom. The molecular formula is C17H17ClN2O5S. The fourth-order valence-corrected chi connectivity index (χ4v) is 3.28. The van der Waals surface area contributed by atoms with Gasteiger partial charge in [-0.05, 0) is 36.2 Å². The van der Waals surface area contributed by atoms with Crippen LogP contribution in [-0.4, -0.2) is 37.0 Å². The topological polar surface area (TPSA) is 116 Å². The Balaban J connectivity index is 2.05. The van der Waals surface area contributed by atoms with E-state index >= 15 is 0 Å². The molecule has 0 amide bonds. The maximum absolute atomic E-state index is 12.3. The third kappa shape index (κ3) is 5.55. The zero-order valence-corrected chi connectivity index (χ0v) is 15.2. The summed E-state index contributed by atoms with van der Waals surface area (Å²) in [5.74, 6) is -0.886. The average molecular weight is 397 g/mol. The second-order valence-electron chi connectivity index (χ2n) is 5.42. The van der Waals surface area contributed by atoms with Crippen LogP contribution >= 0.6 is 11.6 Å². The standard InChI is InChI=1S/C17H17ClN2O5S/c18-14-6-8-15(9-7-14)26(24,25)19-11-16(20-23)13-4-1-12(2-5-13)3-10-17(21)22/h1-2,4-9,19,23H,3,10-11H2,(H,21,22). The van der Waals surface area contributed by atoms with E-state index < -0.39 is 16.0 Å². The van der Waals surface area contributed by atoms with Gasteiger partial charge in [-0.15, -0.1) is 0 Å². The Morgan fingerprint density at radius 1 is 1.08 bits per heavy atom. The number of carboxylic acid groups (broad SMARTS) is 1. The molecular weight excluding hydrogens is 380 g/mol. The van der Waals surface area contributed by atoms with Gasteiger partial charge < -0.3 is 10.3 Å². The molecule has 7 nitrogen and oxygen atoms in total. The predicted molar refractivity (Wildman–Crippen MR) is 97.4 cm³/mol. The lowest BCUT2D eigenvalue weighted by atomic mass is 10.0. The smallest absolute Gasteiger partial charge is 0.303 e. The van der Waals surface area contributed by atoms with Crippen molar-refractivity contribution in [3.8, 4) is 0 Å². The monoisotopic (exact) mass is 396 g/mol. The van der Waals surface area contributed by atoms with Crippen molar-refractivity contribution in [2.45, 2.75) is 17.7 Å². The summed E-state index contributed by atoms with van der Waals surface area (Å²) in [6, 6.07) is 12.4. The van der Waals surface area contributed by atoms with Crippen LogP contribution in [-0.2, 0) is 21.2 Å². The summed E-state index contributed by atoms with van der Waals surface area (Å²) in [5, 5.41) is 21.4. The third-order valence-electron chi connectivity index (χ3n) is 3.59. The molecule has 26 heavy (non-hydrogen) atoms. The summed E-state index contributed by atoms with van der Waals surface area (Å²) < 4.78 is 26.9. The summed E-state index contributed by atoms with van der Waals surface area (Å²) in [7, 11) is -3.78. The maximum atomic E-state index is 12.3. The number of nitrogens with one attached hydrogen (secondary N) is 1. The van der Waals surface area contributed by atoms with E-state index in [1.165, 1.54) is 24.3 Å². The molecule has 2 aromatic carbocycles. The summed E-state index contributed by atoms with van der Waals surface area (Å²) >= 11 is 5.74. The molecule has 0 heterocycles. The van der Waals surface area contributed by atoms with E-state index in [4.69, 9.17) is 16.7 Å². The van der Waals surface area contributed by atoms with E-state index in [0.717, 1.165) is 5.56 Å². The van der Waals surface area contributed by atoms with E-state index in [2.05, 4.69) is 9.88 Å². The van der Waals surface area contributed by atoms with Crippen LogP contribution in [0.4, 0.5) is 0 Å². The Kier molecular flexibility index (Phi) is 6.73. The molecule has 0 bridgehead atoms. The SMILES string of the molecule is O=C(O)CCc1ccc(C(CNS(=O)(=O)c2ccc(Cl)cc2)=NO)cc1. The fraction of sp³-hybridized carbons (Fsp3) is 0.176. The van der Waals surface area contributed by atoms with Crippen LogP contribution in [0.25, 0.3) is 0 Å². The number of halogens is 1. The Morgan fingerprint density at radius 3 is 2.23 bits per heavy atom. The molecule has 0 aliphatic rings. The molecule has 0 atom stereocenters. The molecule has 0 unspecified atom stereocenters. The molecule has 3 N–H and O–H groups in total. The number of aryl methyl sites for hydroxylation is 1. The number of oxime groups is 1. The summed E-state index contributed by atoms with van der Waals surface area (Å²) in [5.41, 5.74) is 1.47. The first-order valence-corrected chi connectivity index (χ1v) is 9.45. The van der Waals surface area contributed by atoms with Gasteiger partial charge >= 0.3 is 5.97 Å². The fourth-order valence-electron chi connectivity index (χ4n) is 2.17. The largest absolute Gasteiger partial charge is 0.481 e. The zero-order valence-electron chi connectivity index (χ0n) is 13.6. The molecule has 0 aromatic heterocycles. The van der Waals surface area contributed by atoms with Gasteiger partial charge in [0.2, 0.25) is 10.0 Å². The van der Waals surface area contributed by atoms with Crippen LogP contribution in [0.1, 0.15) is 17.5 Å². The number of carbonyl (C=O) groups is 1. The van der Waals surface area contributed by atoms with Crippen molar-refractivity contribution in [2.24, 2.45) is 5.16 Å². The number of carboxylic acids is 1. The minimum atomic E-state index is -3.78. The summed E-state index contributed by atoms with van der Waals surface area (Å²) in [4.78, 5) is 10.6. The van der Waals surface area contributed by atoms with E-state index in [0.29, 0.717) is 17.0 Å². The highest BCUT2D eigenvalue weighted by Gasteiger charge is 2.15. The maximum Gasteiger partial charge on any atom is 0.303 e. The third-order valence-corrected chi connectivity index (χ3v) is 5.26. The van der Waals surface area contributed by atoms with Crippen molar-refractivity contribution in [1.29, 1.82) is 0 Å². The quantitative estimate of drug-likeness (QED) is 0.360. The molecule has 9 heteroatoms. The molecule has 0 saturated carbocycles. The molecule has 2 rings (SSSR count). The molecule has 0 fully saturated rings. The lowest BCUT2D eigenvalue weighted by molar-refractivity contribution is -0.136. The molecule has 0 spiro atoms. The number of benzene rings is 2. The van der Waals surface area contributed by atoms with Gasteiger partial charge in [-0.2, -0.15) is 0 Å². The van der Waals surface area contributed by atoms with Gasteiger partial charge in [0.05, 0.1) is 11.4 Å². The first kappa shape index (κ1) is 19.9. The summed E-state index contributed by atoms with van der Waals surface area (Å²) in [6.45, 7) is -0.212. The predicted octanol–water partition coefficient (Wildman–Crippen LogP) is 2.51. The van der Waals surface area contributed by atoms with E-state index in [1.54, 1.807) is 24.3 Å². The second-order valence-corrected chi connectivity index (χ2v) is 7.62. The molecule has 0 aliphatic carbocycles. The van der Waals surface area contributed by atoms with Gasteiger partial charge in [0.25, 0.3) is 0 Å². The number of hydrogen-bond acceptors (Lipinski definition) is 5. The van der Waals surface area contributed by atoms with Crippen molar-refractivity contribution in [2.75, 3.05) is 6.54 Å². The number of nitrogens with zero attached hydrogens (tertiary/aromatic N) is 1. The van der Waals surface area contributed by atoms with Crippen LogP contribution in [0, 0.1) is 0 Å². The van der Waals surface area contributed by atoms with Crippen molar-refractivity contribution in [1.82, 2.24) is 4.72 Å². The second kappa shape index (κ2) is 8.79. The lowest BCUT2D eigenvalue weighted by Crippen LogP contribution is -2.30. The van der Waals surface area contributed by atoms with E-state index in [1.807, 2.05) is 0 Å². The van der Waals surface area contributed by atoms with E-state index in [-0.39, 0.29) is 23.6 Å². The van der Waals surface area contributed by atoms with Crippen molar-refractivity contribution < 1.29 is 23.5 Å². The molecule has 0 saturated heterocycles. The summed E-state index contributed by atoms with van der Waals surface area (Å²) in [6.07, 6.45) is 0.394. The molecule has 0 aliphatic heterocycles. The van der Waals surface area contributed by atoms with Crippen LogP contribution in [0.3, 0.4) is 0 Å².